The Bertz CT molecular complexity index is 246. The van der Waals surface area contributed by atoms with Crippen molar-refractivity contribution in [2.75, 3.05) is 0 Å². The van der Waals surface area contributed by atoms with E-state index in [2.05, 4.69) is 31.5 Å². The molecule has 106 valence electrons. The minimum atomic E-state index is 0.415. The minimum Gasteiger partial charge on any atom is -0.353 e. The van der Waals surface area contributed by atoms with Crippen molar-refractivity contribution < 1.29 is 0 Å². The van der Waals surface area contributed by atoms with E-state index in [1.54, 1.807) is 0 Å². The fourth-order valence-corrected chi connectivity index (χ4v) is 2.57. The third-order valence-corrected chi connectivity index (χ3v) is 3.86. The first-order valence-corrected chi connectivity index (χ1v) is 7.46. The van der Waals surface area contributed by atoms with Crippen molar-refractivity contribution in [1.82, 2.24) is 10.7 Å². The first-order valence-electron chi connectivity index (χ1n) is 7.46. The maximum Gasteiger partial charge on any atom is 0.206 e. The third-order valence-electron chi connectivity index (χ3n) is 3.86. The number of nitrogens with one attached hydrogen (secondary N) is 2. The summed E-state index contributed by atoms with van der Waals surface area (Å²) in [5.74, 6) is 7.06. The SMILES string of the molecule is CCC(C)CC(C)NC(=NC1CCCCC1)NN. The molecule has 1 rings (SSSR count). The van der Waals surface area contributed by atoms with Gasteiger partial charge in [-0.05, 0) is 32.1 Å². The molecule has 4 heteroatoms. The van der Waals surface area contributed by atoms with Crippen LogP contribution in [0.15, 0.2) is 4.99 Å². The predicted molar refractivity (Wildman–Crippen MR) is 78.3 cm³/mol. The summed E-state index contributed by atoms with van der Waals surface area (Å²) in [7, 11) is 0. The largest absolute Gasteiger partial charge is 0.353 e. The molecule has 1 fully saturated rings. The van der Waals surface area contributed by atoms with Crippen LogP contribution in [0.4, 0.5) is 0 Å². The van der Waals surface area contributed by atoms with Crippen LogP contribution in [0.5, 0.6) is 0 Å². The van der Waals surface area contributed by atoms with E-state index in [-0.39, 0.29) is 0 Å². The van der Waals surface area contributed by atoms with Crippen LogP contribution in [0.2, 0.25) is 0 Å². The van der Waals surface area contributed by atoms with Gasteiger partial charge < -0.3 is 5.32 Å². The van der Waals surface area contributed by atoms with E-state index in [0.717, 1.165) is 18.3 Å². The zero-order chi connectivity index (χ0) is 13.4. The van der Waals surface area contributed by atoms with Crippen LogP contribution in [-0.4, -0.2) is 18.0 Å². The number of nitrogens with zero attached hydrogens (tertiary/aromatic N) is 1. The van der Waals surface area contributed by atoms with Crippen molar-refractivity contribution in [1.29, 1.82) is 0 Å². The van der Waals surface area contributed by atoms with E-state index in [0.29, 0.717) is 12.1 Å². The molecule has 0 aliphatic heterocycles. The van der Waals surface area contributed by atoms with Crippen LogP contribution < -0.4 is 16.6 Å². The van der Waals surface area contributed by atoms with E-state index in [9.17, 15) is 0 Å². The van der Waals surface area contributed by atoms with Crippen molar-refractivity contribution in [2.45, 2.75) is 77.8 Å². The van der Waals surface area contributed by atoms with Crippen LogP contribution in [-0.2, 0) is 0 Å². The van der Waals surface area contributed by atoms with Crippen LogP contribution in [0.1, 0.15) is 65.7 Å². The Balaban J connectivity index is 2.41. The predicted octanol–water partition coefficient (Wildman–Crippen LogP) is 2.55. The van der Waals surface area contributed by atoms with Gasteiger partial charge in [0.2, 0.25) is 5.96 Å². The Morgan fingerprint density at radius 3 is 2.50 bits per heavy atom. The Morgan fingerprint density at radius 2 is 1.94 bits per heavy atom. The summed E-state index contributed by atoms with van der Waals surface area (Å²) in [4.78, 5) is 4.70. The standard InChI is InChI=1S/C14H30N4/c1-4-11(2)10-12(3)16-14(18-15)17-13-8-6-5-7-9-13/h11-13H,4-10,15H2,1-3H3,(H2,16,17,18). The molecule has 4 N–H and O–H groups in total. The lowest BCUT2D eigenvalue weighted by atomic mass is 9.96. The van der Waals surface area contributed by atoms with Gasteiger partial charge in [-0.3, -0.25) is 5.43 Å². The lowest BCUT2D eigenvalue weighted by Gasteiger charge is -2.22. The van der Waals surface area contributed by atoms with Crippen molar-refractivity contribution in [3.63, 3.8) is 0 Å². The molecule has 2 atom stereocenters. The topological polar surface area (TPSA) is 62.4 Å². The molecule has 2 unspecified atom stereocenters. The van der Waals surface area contributed by atoms with Crippen LogP contribution in [0, 0.1) is 5.92 Å². The normalized spacial score (nSPS) is 21.4. The van der Waals surface area contributed by atoms with E-state index in [1.165, 1.54) is 38.5 Å². The number of hydrogen-bond acceptors (Lipinski definition) is 2. The van der Waals surface area contributed by atoms with Gasteiger partial charge in [0.1, 0.15) is 0 Å². The monoisotopic (exact) mass is 254 g/mol. The number of guanidine groups is 1. The molecule has 18 heavy (non-hydrogen) atoms. The highest BCUT2D eigenvalue weighted by Gasteiger charge is 2.14. The number of rotatable bonds is 5. The Hall–Kier alpha value is -0.770. The lowest BCUT2D eigenvalue weighted by molar-refractivity contribution is 0.430. The molecule has 0 spiro atoms. The molecule has 0 bridgehead atoms. The molecule has 0 aromatic heterocycles. The Labute approximate surface area is 112 Å². The summed E-state index contributed by atoms with van der Waals surface area (Å²) in [5.41, 5.74) is 2.71. The first kappa shape index (κ1) is 15.3. The second-order valence-corrected chi connectivity index (χ2v) is 5.71. The van der Waals surface area contributed by atoms with Crippen molar-refractivity contribution in [3.8, 4) is 0 Å². The quantitative estimate of drug-likeness (QED) is 0.306. The molecule has 4 nitrogen and oxygen atoms in total. The van der Waals surface area contributed by atoms with Gasteiger partial charge in [0.05, 0.1) is 6.04 Å². The molecule has 1 saturated carbocycles. The summed E-state index contributed by atoms with van der Waals surface area (Å²) in [5, 5.41) is 3.39. The van der Waals surface area contributed by atoms with Gasteiger partial charge in [-0.2, -0.15) is 0 Å². The minimum absolute atomic E-state index is 0.415. The molecule has 1 aliphatic carbocycles. The highest BCUT2D eigenvalue weighted by molar-refractivity contribution is 5.79. The van der Waals surface area contributed by atoms with Gasteiger partial charge in [-0.25, -0.2) is 10.8 Å². The summed E-state index contributed by atoms with van der Waals surface area (Å²) in [6.45, 7) is 6.71. The number of hydrazine groups is 1. The second-order valence-electron chi connectivity index (χ2n) is 5.71. The third kappa shape index (κ3) is 5.71. The summed E-state index contributed by atoms with van der Waals surface area (Å²) in [6, 6.07) is 0.867. The van der Waals surface area contributed by atoms with E-state index in [4.69, 9.17) is 10.8 Å². The molecular formula is C14H30N4. The van der Waals surface area contributed by atoms with Crippen LogP contribution in [0.3, 0.4) is 0 Å². The molecule has 0 amide bonds. The Morgan fingerprint density at radius 1 is 1.28 bits per heavy atom. The highest BCUT2D eigenvalue weighted by atomic mass is 15.3. The van der Waals surface area contributed by atoms with E-state index < -0.39 is 0 Å². The molecule has 0 aromatic rings. The Kier molecular flexibility index (Phi) is 7.09. The highest BCUT2D eigenvalue weighted by Crippen LogP contribution is 2.20. The molecule has 0 aromatic carbocycles. The van der Waals surface area contributed by atoms with Gasteiger partial charge in [-0.15, -0.1) is 0 Å². The first-order chi connectivity index (χ1) is 8.65. The maximum absolute atomic E-state index is 5.56. The van der Waals surface area contributed by atoms with Gasteiger partial charge in [0.25, 0.3) is 0 Å². The number of aliphatic imine (C=N–C) groups is 1. The maximum atomic E-state index is 5.56. The molecular weight excluding hydrogens is 224 g/mol. The smallest absolute Gasteiger partial charge is 0.206 e. The van der Waals surface area contributed by atoms with E-state index >= 15 is 0 Å². The van der Waals surface area contributed by atoms with Crippen LogP contribution >= 0.6 is 0 Å². The average Bonchev–Trinajstić information content (AvgIpc) is 2.38. The van der Waals surface area contributed by atoms with E-state index in [1.807, 2.05) is 0 Å². The summed E-state index contributed by atoms with van der Waals surface area (Å²) in [6.07, 6.45) is 8.73. The zero-order valence-corrected chi connectivity index (χ0v) is 12.2. The zero-order valence-electron chi connectivity index (χ0n) is 12.2. The van der Waals surface area contributed by atoms with Crippen molar-refractivity contribution >= 4 is 5.96 Å². The van der Waals surface area contributed by atoms with Crippen LogP contribution in [0.25, 0.3) is 0 Å². The van der Waals surface area contributed by atoms with Gasteiger partial charge in [-0.1, -0.05) is 39.5 Å². The summed E-state index contributed by atoms with van der Waals surface area (Å²) >= 11 is 0. The van der Waals surface area contributed by atoms with Crippen molar-refractivity contribution in [2.24, 2.45) is 16.8 Å². The molecule has 0 radical (unpaired) electrons. The molecule has 0 saturated heterocycles. The molecule has 1 aliphatic rings. The number of nitrogens with two attached hydrogens (primary N) is 1. The number of hydrogen-bond donors (Lipinski definition) is 3. The van der Waals surface area contributed by atoms with Gasteiger partial charge >= 0.3 is 0 Å². The molecule has 0 heterocycles. The lowest BCUT2D eigenvalue weighted by Crippen LogP contribution is -2.46. The second kappa shape index (κ2) is 8.35. The fraction of sp³-hybridized carbons (Fsp3) is 0.929. The van der Waals surface area contributed by atoms with Crippen molar-refractivity contribution in [3.05, 3.63) is 0 Å². The average molecular weight is 254 g/mol. The fourth-order valence-electron chi connectivity index (χ4n) is 2.57. The van der Waals surface area contributed by atoms with Gasteiger partial charge in [0.15, 0.2) is 0 Å². The van der Waals surface area contributed by atoms with Gasteiger partial charge in [0, 0.05) is 6.04 Å². The summed E-state index contributed by atoms with van der Waals surface area (Å²) < 4.78 is 0.